The number of benzene rings is 2. The average molecular weight is 326 g/mol. The monoisotopic (exact) mass is 326 g/mol. The third-order valence-corrected chi connectivity index (χ3v) is 3.28. The second kappa shape index (κ2) is 7.77. The summed E-state index contributed by atoms with van der Waals surface area (Å²) in [6, 6.07) is 13.6. The Labute approximate surface area is 139 Å². The minimum absolute atomic E-state index is 0.00196. The minimum atomic E-state index is -0.474. The number of nitrogens with one attached hydrogen (secondary N) is 3. The SMILES string of the molecule is C=C(NNC(=O)CNc1ccc(C)cc1)c1ccc([N+](=O)[O-])cc1. The molecule has 24 heavy (non-hydrogen) atoms. The van der Waals surface area contributed by atoms with Crippen molar-refractivity contribution in [2.45, 2.75) is 6.92 Å². The van der Waals surface area contributed by atoms with Gasteiger partial charge in [0.1, 0.15) is 0 Å². The molecule has 0 aromatic heterocycles. The molecule has 0 fully saturated rings. The van der Waals surface area contributed by atoms with Crippen molar-refractivity contribution in [3.05, 3.63) is 76.4 Å². The molecule has 3 N–H and O–H groups in total. The zero-order chi connectivity index (χ0) is 17.5. The van der Waals surface area contributed by atoms with Gasteiger partial charge in [-0.15, -0.1) is 0 Å². The van der Waals surface area contributed by atoms with Crippen LogP contribution in [-0.4, -0.2) is 17.4 Å². The number of nitro benzene ring substituents is 1. The molecular formula is C17H18N4O3. The van der Waals surface area contributed by atoms with Crippen LogP contribution in [0, 0.1) is 17.0 Å². The Hall–Kier alpha value is -3.35. The number of amides is 1. The summed E-state index contributed by atoms with van der Waals surface area (Å²) in [5.41, 5.74) is 8.28. The van der Waals surface area contributed by atoms with E-state index in [-0.39, 0.29) is 18.1 Å². The first-order valence-electron chi connectivity index (χ1n) is 7.25. The molecule has 0 bridgehead atoms. The van der Waals surface area contributed by atoms with Gasteiger partial charge >= 0.3 is 0 Å². The molecule has 0 aliphatic heterocycles. The molecule has 1 amide bonds. The van der Waals surface area contributed by atoms with Gasteiger partial charge < -0.3 is 5.32 Å². The number of hydrogen-bond donors (Lipinski definition) is 3. The summed E-state index contributed by atoms with van der Waals surface area (Å²) in [6.07, 6.45) is 0. The Balaban J connectivity index is 1.79. The third-order valence-electron chi connectivity index (χ3n) is 3.28. The smallest absolute Gasteiger partial charge is 0.269 e. The van der Waals surface area contributed by atoms with E-state index in [2.05, 4.69) is 22.7 Å². The first kappa shape index (κ1) is 17.0. The van der Waals surface area contributed by atoms with E-state index in [4.69, 9.17) is 0 Å². The molecule has 0 unspecified atom stereocenters. The van der Waals surface area contributed by atoms with E-state index in [1.807, 2.05) is 31.2 Å². The quantitative estimate of drug-likeness (QED) is 0.537. The van der Waals surface area contributed by atoms with E-state index in [1.54, 1.807) is 12.1 Å². The molecule has 124 valence electrons. The van der Waals surface area contributed by atoms with Crippen molar-refractivity contribution in [1.82, 2.24) is 10.9 Å². The Kier molecular flexibility index (Phi) is 5.51. The highest BCUT2D eigenvalue weighted by Gasteiger charge is 2.06. The molecule has 0 atom stereocenters. The highest BCUT2D eigenvalue weighted by molar-refractivity contribution is 5.81. The number of nitro groups is 1. The normalized spacial score (nSPS) is 9.88. The van der Waals surface area contributed by atoms with Crippen molar-refractivity contribution >= 4 is 23.0 Å². The van der Waals surface area contributed by atoms with Gasteiger partial charge in [0.2, 0.25) is 0 Å². The fourth-order valence-electron chi connectivity index (χ4n) is 1.90. The van der Waals surface area contributed by atoms with Crippen LogP contribution >= 0.6 is 0 Å². The third kappa shape index (κ3) is 4.84. The Morgan fingerprint density at radius 1 is 1.08 bits per heavy atom. The summed E-state index contributed by atoms with van der Waals surface area (Å²) in [6.45, 7) is 5.87. The molecule has 2 rings (SSSR count). The summed E-state index contributed by atoms with van der Waals surface area (Å²) < 4.78 is 0. The molecular weight excluding hydrogens is 308 g/mol. The molecule has 0 spiro atoms. The maximum atomic E-state index is 11.8. The zero-order valence-electron chi connectivity index (χ0n) is 13.2. The first-order chi connectivity index (χ1) is 11.5. The van der Waals surface area contributed by atoms with Crippen LogP contribution in [0.4, 0.5) is 11.4 Å². The van der Waals surface area contributed by atoms with Crippen LogP contribution in [-0.2, 0) is 4.79 Å². The number of aryl methyl sites for hydroxylation is 1. The lowest BCUT2D eigenvalue weighted by Crippen LogP contribution is -2.39. The molecule has 7 heteroatoms. The van der Waals surface area contributed by atoms with E-state index in [9.17, 15) is 14.9 Å². The molecule has 7 nitrogen and oxygen atoms in total. The molecule has 0 radical (unpaired) electrons. The summed E-state index contributed by atoms with van der Waals surface area (Å²) in [5.74, 6) is -0.265. The number of rotatable bonds is 7. The van der Waals surface area contributed by atoms with E-state index < -0.39 is 4.92 Å². The number of hydrazine groups is 1. The van der Waals surface area contributed by atoms with Crippen LogP contribution in [0.3, 0.4) is 0 Å². The number of carbonyl (C=O) groups is 1. The van der Waals surface area contributed by atoms with E-state index in [0.717, 1.165) is 11.3 Å². The van der Waals surface area contributed by atoms with Gasteiger partial charge in [-0.05, 0) is 36.8 Å². The van der Waals surface area contributed by atoms with Gasteiger partial charge in [0.15, 0.2) is 0 Å². The predicted octanol–water partition coefficient (Wildman–Crippen LogP) is 2.61. The molecule has 2 aromatic rings. The lowest BCUT2D eigenvalue weighted by atomic mass is 10.1. The second-order valence-corrected chi connectivity index (χ2v) is 5.18. The van der Waals surface area contributed by atoms with Crippen molar-refractivity contribution in [2.75, 3.05) is 11.9 Å². The van der Waals surface area contributed by atoms with Gasteiger partial charge in [-0.2, -0.15) is 0 Å². The van der Waals surface area contributed by atoms with Gasteiger partial charge in [-0.1, -0.05) is 24.3 Å². The summed E-state index contributed by atoms with van der Waals surface area (Å²) in [7, 11) is 0. The minimum Gasteiger partial charge on any atom is -0.376 e. The summed E-state index contributed by atoms with van der Waals surface area (Å²) in [4.78, 5) is 21.9. The van der Waals surface area contributed by atoms with Crippen LogP contribution in [0.25, 0.3) is 5.70 Å². The topological polar surface area (TPSA) is 96.3 Å². The van der Waals surface area contributed by atoms with Crippen LogP contribution in [0.5, 0.6) is 0 Å². The van der Waals surface area contributed by atoms with Gasteiger partial charge in [-0.3, -0.25) is 25.8 Å². The first-order valence-corrected chi connectivity index (χ1v) is 7.25. The maximum absolute atomic E-state index is 11.8. The Morgan fingerprint density at radius 2 is 1.71 bits per heavy atom. The van der Waals surface area contributed by atoms with Crippen LogP contribution in [0.15, 0.2) is 55.1 Å². The summed E-state index contributed by atoms with van der Waals surface area (Å²) >= 11 is 0. The fraction of sp³-hybridized carbons (Fsp3) is 0.118. The number of hydrogen-bond acceptors (Lipinski definition) is 5. The molecule has 2 aromatic carbocycles. The standard InChI is InChI=1S/C17H18N4O3/c1-12-3-7-15(8-4-12)18-11-17(22)20-19-13(2)14-5-9-16(10-6-14)21(23)24/h3-10,18-19H,2,11H2,1H3,(H,20,22). The van der Waals surface area contributed by atoms with E-state index in [0.29, 0.717) is 11.3 Å². The second-order valence-electron chi connectivity index (χ2n) is 5.18. The maximum Gasteiger partial charge on any atom is 0.269 e. The molecule has 0 aliphatic carbocycles. The van der Waals surface area contributed by atoms with Crippen LogP contribution in [0.1, 0.15) is 11.1 Å². The number of anilines is 1. The Bertz CT molecular complexity index is 739. The average Bonchev–Trinajstić information content (AvgIpc) is 2.59. The number of nitrogens with zero attached hydrogens (tertiary/aromatic N) is 1. The van der Waals surface area contributed by atoms with Crippen molar-refractivity contribution in [3.8, 4) is 0 Å². The molecule has 0 saturated heterocycles. The highest BCUT2D eigenvalue weighted by Crippen LogP contribution is 2.15. The number of non-ortho nitro benzene ring substituents is 1. The molecule has 0 aliphatic rings. The zero-order valence-corrected chi connectivity index (χ0v) is 13.2. The van der Waals surface area contributed by atoms with Crippen molar-refractivity contribution in [1.29, 1.82) is 0 Å². The van der Waals surface area contributed by atoms with Crippen molar-refractivity contribution in [2.24, 2.45) is 0 Å². The van der Waals surface area contributed by atoms with Crippen LogP contribution in [0.2, 0.25) is 0 Å². The number of carbonyl (C=O) groups excluding carboxylic acids is 1. The lowest BCUT2D eigenvalue weighted by Gasteiger charge is -2.12. The largest absolute Gasteiger partial charge is 0.376 e. The van der Waals surface area contributed by atoms with Gasteiger partial charge in [0.25, 0.3) is 11.6 Å². The van der Waals surface area contributed by atoms with Gasteiger partial charge in [-0.25, -0.2) is 0 Å². The lowest BCUT2D eigenvalue weighted by molar-refractivity contribution is -0.384. The predicted molar refractivity (Wildman–Crippen MR) is 93.1 cm³/mol. The van der Waals surface area contributed by atoms with E-state index in [1.165, 1.54) is 12.1 Å². The van der Waals surface area contributed by atoms with Gasteiger partial charge in [0.05, 0.1) is 17.2 Å². The molecule has 0 heterocycles. The van der Waals surface area contributed by atoms with Gasteiger partial charge in [0, 0.05) is 17.8 Å². The fourth-order valence-corrected chi connectivity index (χ4v) is 1.90. The highest BCUT2D eigenvalue weighted by atomic mass is 16.6. The van der Waals surface area contributed by atoms with Crippen molar-refractivity contribution in [3.63, 3.8) is 0 Å². The summed E-state index contributed by atoms with van der Waals surface area (Å²) in [5, 5.41) is 13.6. The van der Waals surface area contributed by atoms with E-state index >= 15 is 0 Å². The molecule has 0 saturated carbocycles. The van der Waals surface area contributed by atoms with Crippen molar-refractivity contribution < 1.29 is 9.72 Å². The van der Waals surface area contributed by atoms with Crippen LogP contribution < -0.4 is 16.2 Å². The Morgan fingerprint density at radius 3 is 2.29 bits per heavy atom.